The number of anilines is 1. The molecule has 0 aromatic heterocycles. The van der Waals surface area contributed by atoms with Gasteiger partial charge in [0.2, 0.25) is 0 Å². The van der Waals surface area contributed by atoms with Gasteiger partial charge in [0.05, 0.1) is 0 Å². The molecular weight excluding hydrogens is 263 g/mol. The Morgan fingerprint density at radius 1 is 0.850 bits per heavy atom. The summed E-state index contributed by atoms with van der Waals surface area (Å²) in [5.74, 6) is 0. The van der Waals surface area contributed by atoms with Crippen molar-refractivity contribution in [3.8, 4) is 0 Å². The van der Waals surface area contributed by atoms with Crippen molar-refractivity contribution in [2.24, 2.45) is 0 Å². The second-order valence-corrected chi connectivity index (χ2v) is 5.08. The molecule has 0 heterocycles. The van der Waals surface area contributed by atoms with Crippen molar-refractivity contribution < 1.29 is 13.2 Å². The zero-order valence-electron chi connectivity index (χ0n) is 12.1. The van der Waals surface area contributed by atoms with Crippen LogP contribution in [0.3, 0.4) is 0 Å². The standard InChI is InChI=1S/C16H24F3N/c1-2-3-4-5-6-7-11-14-20(16(17,18)19)15-12-9-8-10-13-15/h8-10,12-13H,2-7,11,14H2,1H3. The molecule has 1 nitrogen and oxygen atoms in total. The van der Waals surface area contributed by atoms with E-state index in [1.54, 1.807) is 18.2 Å². The number of halogens is 3. The Kier molecular flexibility index (Phi) is 7.48. The lowest BCUT2D eigenvalue weighted by Crippen LogP contribution is -2.38. The van der Waals surface area contributed by atoms with Gasteiger partial charge in [0.15, 0.2) is 0 Å². The average Bonchev–Trinajstić information content (AvgIpc) is 2.41. The second kappa shape index (κ2) is 8.88. The van der Waals surface area contributed by atoms with Crippen LogP contribution in [0, 0.1) is 0 Å². The third kappa shape index (κ3) is 6.31. The van der Waals surface area contributed by atoms with Crippen molar-refractivity contribution >= 4 is 5.69 Å². The number of rotatable bonds is 9. The first-order valence-corrected chi connectivity index (χ1v) is 7.45. The molecule has 4 heteroatoms. The van der Waals surface area contributed by atoms with Gasteiger partial charge in [-0.1, -0.05) is 63.6 Å². The fraction of sp³-hybridized carbons (Fsp3) is 0.625. The molecule has 1 aromatic rings. The normalized spacial score (nSPS) is 11.6. The van der Waals surface area contributed by atoms with Gasteiger partial charge in [0, 0.05) is 12.2 Å². The molecule has 0 N–H and O–H groups in total. The summed E-state index contributed by atoms with van der Waals surface area (Å²) in [7, 11) is 0. The second-order valence-electron chi connectivity index (χ2n) is 5.08. The van der Waals surface area contributed by atoms with Gasteiger partial charge >= 0.3 is 6.30 Å². The minimum absolute atomic E-state index is 0.0429. The van der Waals surface area contributed by atoms with Gasteiger partial charge in [-0.15, -0.1) is 0 Å². The molecule has 0 aliphatic rings. The van der Waals surface area contributed by atoms with E-state index in [-0.39, 0.29) is 12.2 Å². The number of hydrogen-bond acceptors (Lipinski definition) is 1. The van der Waals surface area contributed by atoms with Gasteiger partial charge in [0.1, 0.15) is 0 Å². The first kappa shape index (κ1) is 16.9. The largest absolute Gasteiger partial charge is 0.484 e. The van der Waals surface area contributed by atoms with Crippen molar-refractivity contribution in [3.05, 3.63) is 30.3 Å². The Hall–Kier alpha value is -1.19. The van der Waals surface area contributed by atoms with E-state index in [1.165, 1.54) is 31.4 Å². The molecule has 0 atom stereocenters. The van der Waals surface area contributed by atoms with E-state index in [0.29, 0.717) is 11.3 Å². The van der Waals surface area contributed by atoms with Gasteiger partial charge in [-0.3, -0.25) is 4.90 Å². The quantitative estimate of drug-likeness (QED) is 0.412. The van der Waals surface area contributed by atoms with Gasteiger partial charge in [-0.05, 0) is 18.6 Å². The van der Waals surface area contributed by atoms with Crippen molar-refractivity contribution in [3.63, 3.8) is 0 Å². The summed E-state index contributed by atoms with van der Waals surface area (Å²) in [4.78, 5) is 0.541. The summed E-state index contributed by atoms with van der Waals surface area (Å²) in [6, 6.07) is 8.02. The van der Waals surface area contributed by atoms with Crippen LogP contribution in [0.25, 0.3) is 0 Å². The SMILES string of the molecule is CCCCCCCCCN(c1ccccc1)C(F)(F)F. The molecule has 0 aliphatic carbocycles. The van der Waals surface area contributed by atoms with Gasteiger partial charge in [0.25, 0.3) is 0 Å². The minimum Gasteiger partial charge on any atom is -0.284 e. The molecule has 0 saturated carbocycles. The van der Waals surface area contributed by atoms with Crippen LogP contribution in [0.15, 0.2) is 30.3 Å². The van der Waals surface area contributed by atoms with Crippen LogP contribution in [-0.4, -0.2) is 12.8 Å². The molecule has 1 rings (SSSR count). The van der Waals surface area contributed by atoms with E-state index in [4.69, 9.17) is 0 Å². The Bertz CT molecular complexity index is 348. The molecule has 0 saturated heterocycles. The molecule has 0 aliphatic heterocycles. The Balaban J connectivity index is 2.36. The monoisotopic (exact) mass is 287 g/mol. The van der Waals surface area contributed by atoms with Gasteiger partial charge in [-0.25, -0.2) is 0 Å². The molecule has 1 aromatic carbocycles. The number of unbranched alkanes of at least 4 members (excludes halogenated alkanes) is 6. The lowest BCUT2D eigenvalue weighted by atomic mass is 10.1. The van der Waals surface area contributed by atoms with E-state index in [9.17, 15) is 13.2 Å². The zero-order chi connectivity index (χ0) is 14.8. The van der Waals surface area contributed by atoms with E-state index in [0.717, 1.165) is 19.3 Å². The number of hydrogen-bond donors (Lipinski definition) is 0. The summed E-state index contributed by atoms with van der Waals surface area (Å²) >= 11 is 0. The van der Waals surface area contributed by atoms with Crippen molar-refractivity contribution in [1.29, 1.82) is 0 Å². The first-order valence-electron chi connectivity index (χ1n) is 7.45. The number of para-hydroxylation sites is 1. The highest BCUT2D eigenvalue weighted by atomic mass is 19.4. The Morgan fingerprint density at radius 2 is 1.40 bits per heavy atom. The number of alkyl halides is 3. The average molecular weight is 287 g/mol. The third-order valence-corrected chi connectivity index (χ3v) is 3.36. The van der Waals surface area contributed by atoms with Crippen LogP contribution in [0.5, 0.6) is 0 Å². The van der Waals surface area contributed by atoms with Gasteiger partial charge in [-0.2, -0.15) is 13.2 Å². The molecule has 0 spiro atoms. The highest BCUT2D eigenvalue weighted by Crippen LogP contribution is 2.28. The van der Waals surface area contributed by atoms with Crippen LogP contribution in [0.4, 0.5) is 18.9 Å². The summed E-state index contributed by atoms with van der Waals surface area (Å²) in [5.41, 5.74) is 0.228. The fourth-order valence-electron chi connectivity index (χ4n) is 2.24. The maximum atomic E-state index is 13.0. The summed E-state index contributed by atoms with van der Waals surface area (Å²) in [5, 5.41) is 0. The van der Waals surface area contributed by atoms with Crippen molar-refractivity contribution in [2.75, 3.05) is 11.4 Å². The highest BCUT2D eigenvalue weighted by Gasteiger charge is 2.36. The Labute approximate surface area is 119 Å². The third-order valence-electron chi connectivity index (χ3n) is 3.36. The molecule has 0 amide bonds. The summed E-state index contributed by atoms with van der Waals surface area (Å²) < 4.78 is 39.0. The van der Waals surface area contributed by atoms with E-state index < -0.39 is 6.30 Å². The number of benzene rings is 1. The van der Waals surface area contributed by atoms with Crippen molar-refractivity contribution in [2.45, 2.75) is 58.2 Å². The first-order chi connectivity index (χ1) is 9.55. The molecule has 114 valence electrons. The van der Waals surface area contributed by atoms with Crippen molar-refractivity contribution in [1.82, 2.24) is 0 Å². The molecule has 0 fully saturated rings. The zero-order valence-corrected chi connectivity index (χ0v) is 12.1. The maximum absolute atomic E-state index is 13.0. The van der Waals surface area contributed by atoms with Crippen LogP contribution in [0.1, 0.15) is 51.9 Å². The lowest BCUT2D eigenvalue weighted by Gasteiger charge is -2.27. The highest BCUT2D eigenvalue weighted by molar-refractivity contribution is 5.46. The summed E-state index contributed by atoms with van der Waals surface area (Å²) in [6.45, 7) is 2.20. The topological polar surface area (TPSA) is 3.24 Å². The van der Waals surface area contributed by atoms with Crippen LogP contribution < -0.4 is 4.90 Å². The summed E-state index contributed by atoms with van der Waals surface area (Å²) in [6.07, 6.45) is 2.91. The Morgan fingerprint density at radius 3 is 1.95 bits per heavy atom. The predicted molar refractivity (Wildman–Crippen MR) is 77.8 cm³/mol. The van der Waals surface area contributed by atoms with Crippen LogP contribution in [0.2, 0.25) is 0 Å². The van der Waals surface area contributed by atoms with E-state index in [1.807, 2.05) is 0 Å². The molecule has 0 unspecified atom stereocenters. The predicted octanol–water partition coefficient (Wildman–Crippen LogP) is 5.76. The van der Waals surface area contributed by atoms with E-state index >= 15 is 0 Å². The lowest BCUT2D eigenvalue weighted by molar-refractivity contribution is -0.129. The molecular formula is C16H24F3N. The molecule has 0 bridgehead atoms. The maximum Gasteiger partial charge on any atom is 0.484 e. The van der Waals surface area contributed by atoms with E-state index in [2.05, 4.69) is 6.92 Å². The molecule has 0 radical (unpaired) electrons. The minimum atomic E-state index is -4.30. The smallest absolute Gasteiger partial charge is 0.284 e. The van der Waals surface area contributed by atoms with Crippen LogP contribution in [-0.2, 0) is 0 Å². The molecule has 20 heavy (non-hydrogen) atoms. The fourth-order valence-corrected chi connectivity index (χ4v) is 2.24. The van der Waals surface area contributed by atoms with Crippen LogP contribution >= 0.6 is 0 Å². The van der Waals surface area contributed by atoms with Gasteiger partial charge < -0.3 is 0 Å². The number of nitrogens with zero attached hydrogens (tertiary/aromatic N) is 1.